The monoisotopic (exact) mass is 799 g/mol. The van der Waals surface area contributed by atoms with Gasteiger partial charge in [-0.2, -0.15) is 0 Å². The van der Waals surface area contributed by atoms with Gasteiger partial charge in [0.1, 0.15) is 12.4 Å². The fraction of sp³-hybridized carbons (Fsp3) is 0.490. The van der Waals surface area contributed by atoms with E-state index in [0.29, 0.717) is 25.0 Å². The molecule has 0 amide bonds. The van der Waals surface area contributed by atoms with Gasteiger partial charge >= 0.3 is 5.97 Å². The van der Waals surface area contributed by atoms with Gasteiger partial charge in [0.15, 0.2) is 0 Å². The Labute approximate surface area is 352 Å². The summed E-state index contributed by atoms with van der Waals surface area (Å²) >= 11 is 0. The van der Waals surface area contributed by atoms with E-state index < -0.39 is 6.10 Å². The highest BCUT2D eigenvalue weighted by molar-refractivity contribution is 6.21. The molecular formula is C51H66N4O4. The molecule has 0 saturated carbocycles. The van der Waals surface area contributed by atoms with Gasteiger partial charge in [0.2, 0.25) is 0 Å². The molecule has 6 aliphatic rings. The Balaban J connectivity index is 1.31. The maximum absolute atomic E-state index is 13.3. The number of aliphatic hydroxyl groups excluding tert-OH is 2. The minimum atomic E-state index is -0.722. The van der Waals surface area contributed by atoms with Crippen molar-refractivity contribution in [3.63, 3.8) is 0 Å². The normalized spacial score (nSPS) is 22.3. The Kier molecular flexibility index (Phi) is 13.8. The Morgan fingerprint density at radius 3 is 2.27 bits per heavy atom. The summed E-state index contributed by atoms with van der Waals surface area (Å²) < 4.78 is 5.78. The summed E-state index contributed by atoms with van der Waals surface area (Å²) in [6.07, 6.45) is 17.9. The Morgan fingerprint density at radius 1 is 0.881 bits per heavy atom. The van der Waals surface area contributed by atoms with E-state index in [9.17, 15) is 15.0 Å². The number of fused-ring (bicyclic) bond motifs is 5. The predicted molar refractivity (Wildman–Crippen MR) is 243 cm³/mol. The fourth-order valence-corrected chi connectivity index (χ4v) is 9.40. The number of rotatable bonds is 15. The first-order valence-corrected chi connectivity index (χ1v) is 21.9. The van der Waals surface area contributed by atoms with Crippen molar-refractivity contribution in [2.24, 2.45) is 26.8 Å². The molecule has 0 radical (unpaired) electrons. The molecule has 3 unspecified atom stereocenters. The number of ether oxygens (including phenoxy) is 1. The van der Waals surface area contributed by atoms with Gasteiger partial charge in [-0.1, -0.05) is 56.1 Å². The van der Waals surface area contributed by atoms with Crippen molar-refractivity contribution < 1.29 is 19.7 Å². The maximum atomic E-state index is 13.3. The van der Waals surface area contributed by atoms with Crippen LogP contribution in [0.4, 0.5) is 0 Å². The van der Waals surface area contributed by atoms with Crippen molar-refractivity contribution in [2.45, 2.75) is 146 Å². The second-order valence-corrected chi connectivity index (χ2v) is 17.4. The van der Waals surface area contributed by atoms with Gasteiger partial charge in [-0.3, -0.25) is 4.79 Å². The molecule has 59 heavy (non-hydrogen) atoms. The lowest BCUT2D eigenvalue weighted by atomic mass is 9.85. The van der Waals surface area contributed by atoms with Crippen LogP contribution in [-0.2, 0) is 9.53 Å². The summed E-state index contributed by atoms with van der Waals surface area (Å²) in [4.78, 5) is 29.0. The van der Waals surface area contributed by atoms with Crippen LogP contribution in [0.15, 0.2) is 141 Å². The Bertz CT molecular complexity index is 2240. The summed E-state index contributed by atoms with van der Waals surface area (Å²) in [5.41, 5.74) is 18.8. The van der Waals surface area contributed by atoms with Gasteiger partial charge in [-0.05, 0) is 146 Å². The second-order valence-electron chi connectivity index (χ2n) is 17.4. The minimum absolute atomic E-state index is 0.00994. The highest BCUT2D eigenvalue weighted by Crippen LogP contribution is 2.48. The summed E-state index contributed by atoms with van der Waals surface area (Å²) in [6, 6.07) is 0. The lowest BCUT2D eigenvalue weighted by Gasteiger charge is -2.18. The van der Waals surface area contributed by atoms with E-state index in [0.717, 1.165) is 123 Å². The predicted octanol–water partition coefficient (Wildman–Crippen LogP) is 12.0. The second kappa shape index (κ2) is 18.6. The van der Waals surface area contributed by atoms with Crippen LogP contribution in [0.25, 0.3) is 0 Å². The summed E-state index contributed by atoms with van der Waals surface area (Å²) in [5.74, 6) is 0.0717. The number of carbonyl (C=O) groups excluding carboxylic acids is 1. The zero-order valence-electron chi connectivity index (χ0n) is 37.4. The molecule has 1 saturated heterocycles. The molecule has 0 spiro atoms. The van der Waals surface area contributed by atoms with E-state index in [1.807, 2.05) is 19.1 Å². The first-order valence-electron chi connectivity index (χ1n) is 21.9. The third-order valence-corrected chi connectivity index (χ3v) is 12.7. The molecule has 8 nitrogen and oxygen atoms in total. The molecule has 5 aliphatic heterocycles. The molecule has 3 atom stereocenters. The molecule has 0 aromatic heterocycles. The average molecular weight is 799 g/mol. The molecule has 5 heterocycles. The fourth-order valence-electron chi connectivity index (χ4n) is 9.40. The Hall–Kier alpha value is -4.82. The number of esters is 1. The van der Waals surface area contributed by atoms with Crippen molar-refractivity contribution in [3.8, 4) is 0 Å². The Morgan fingerprint density at radius 2 is 1.59 bits per heavy atom. The lowest BCUT2D eigenvalue weighted by molar-refractivity contribution is -0.142. The lowest BCUT2D eigenvalue weighted by Crippen LogP contribution is -2.16. The van der Waals surface area contributed by atoms with Gasteiger partial charge in [-0.15, -0.1) is 0 Å². The molecule has 8 bridgehead atoms. The summed E-state index contributed by atoms with van der Waals surface area (Å²) in [5, 5.41) is 26.6. The van der Waals surface area contributed by atoms with Crippen LogP contribution in [0, 0.1) is 11.8 Å². The first kappa shape index (κ1) is 43.8. The zero-order valence-corrected chi connectivity index (χ0v) is 37.4. The van der Waals surface area contributed by atoms with Crippen LogP contribution in [0.5, 0.6) is 0 Å². The highest BCUT2D eigenvalue weighted by Gasteiger charge is 2.42. The molecule has 3 N–H and O–H groups in total. The van der Waals surface area contributed by atoms with Crippen LogP contribution < -0.4 is 5.32 Å². The molecule has 1 aliphatic carbocycles. The van der Waals surface area contributed by atoms with E-state index in [1.54, 1.807) is 6.92 Å². The van der Waals surface area contributed by atoms with Crippen LogP contribution >= 0.6 is 0 Å². The zero-order chi connectivity index (χ0) is 42.7. The molecule has 0 aromatic carbocycles. The third kappa shape index (κ3) is 9.18. The maximum Gasteiger partial charge on any atom is 0.306 e. The minimum Gasteiger partial charge on any atom is -0.511 e. The molecule has 0 aromatic rings. The quantitative estimate of drug-likeness (QED) is 0.113. The number of nitrogens with zero attached hydrogens (tertiary/aromatic N) is 3. The van der Waals surface area contributed by atoms with Crippen LogP contribution in [0.1, 0.15) is 140 Å². The molecular weight excluding hydrogens is 733 g/mol. The van der Waals surface area contributed by atoms with Gasteiger partial charge in [0.25, 0.3) is 0 Å². The van der Waals surface area contributed by atoms with Crippen molar-refractivity contribution >= 4 is 23.1 Å². The molecule has 8 heteroatoms. The number of hydrogen-bond acceptors (Lipinski definition) is 8. The largest absolute Gasteiger partial charge is 0.511 e. The van der Waals surface area contributed by atoms with Gasteiger partial charge in [0.05, 0.1) is 40.3 Å². The van der Waals surface area contributed by atoms with Gasteiger partial charge in [-0.25, -0.2) is 15.0 Å². The smallest absolute Gasteiger partial charge is 0.306 e. The van der Waals surface area contributed by atoms with Crippen LogP contribution in [0.3, 0.4) is 0 Å². The molecule has 6 rings (SSSR count). The van der Waals surface area contributed by atoms with Crippen molar-refractivity contribution in [3.05, 3.63) is 126 Å². The summed E-state index contributed by atoms with van der Waals surface area (Å²) in [6.45, 7) is 23.4. The number of aliphatic imine (C=N–C) groups is 3. The third-order valence-electron chi connectivity index (χ3n) is 12.7. The average Bonchev–Trinajstić information content (AvgIpc) is 3.95. The number of aliphatic hydroxyl groups is 2. The van der Waals surface area contributed by atoms with Crippen LogP contribution in [-0.4, -0.2) is 46.0 Å². The molecule has 314 valence electrons. The highest BCUT2D eigenvalue weighted by atomic mass is 16.5. The van der Waals surface area contributed by atoms with E-state index in [2.05, 4.69) is 85.9 Å². The number of allylic oxidation sites excluding steroid dienone is 16. The summed E-state index contributed by atoms with van der Waals surface area (Å²) in [7, 11) is 0. The SMILES string of the molecule is CCCC1=C(C)C2=NC1=CC1=C(CC)C3=C(O)CC(=C4NC(=C(C)C5=NC(=C2)C(C(C)O)=C5C)C(C)C4CCC(=O)OCC=C(C)CCC=C(C)CCC=C(C)C)C3=N1. The van der Waals surface area contributed by atoms with E-state index >= 15 is 0 Å². The van der Waals surface area contributed by atoms with Gasteiger partial charge in [0, 0.05) is 52.8 Å². The topological polar surface area (TPSA) is 116 Å². The molecule has 1 fully saturated rings. The van der Waals surface area contributed by atoms with E-state index in [-0.39, 0.29) is 30.8 Å². The van der Waals surface area contributed by atoms with E-state index in [1.165, 1.54) is 22.3 Å². The number of hydrogen-bond donors (Lipinski definition) is 3. The van der Waals surface area contributed by atoms with Crippen molar-refractivity contribution in [1.82, 2.24) is 5.32 Å². The first-order chi connectivity index (χ1) is 28.1. The number of carbonyl (C=O) groups is 1. The van der Waals surface area contributed by atoms with Gasteiger partial charge < -0.3 is 20.3 Å². The van der Waals surface area contributed by atoms with Crippen LogP contribution in [0.2, 0.25) is 0 Å². The van der Waals surface area contributed by atoms with Crippen molar-refractivity contribution in [2.75, 3.05) is 6.61 Å². The number of nitrogens with one attached hydrogen (secondary N) is 1. The van der Waals surface area contributed by atoms with Crippen molar-refractivity contribution in [1.29, 1.82) is 0 Å². The standard InChI is InChI=1S/C51H66N4O4/c1-12-16-37-31(7)40-26-43-46(35(11)56)33(9)49(54-43)34(10)48-32(8)38(21-22-45(58)59-24-23-30(6)20-15-19-29(5)18-14-17-28(3)4)50(55-48)39-25-44(57)47-36(13-2)41(53-51(39)47)27-42(37)52-40/h17,19,23,26-27,32,35,38,55-57H,12-16,18,20-22,24-25H2,1-11H3. The van der Waals surface area contributed by atoms with E-state index in [4.69, 9.17) is 19.7 Å².